The van der Waals surface area contributed by atoms with Crippen LogP contribution >= 0.6 is 15.9 Å². The first-order chi connectivity index (χ1) is 8.22. The lowest BCUT2D eigenvalue weighted by molar-refractivity contribution is 0.399. The Labute approximate surface area is 117 Å². The molecule has 1 aromatic rings. The Bertz CT molecular complexity index is 526. The summed E-state index contributed by atoms with van der Waals surface area (Å²) < 4.78 is 33.1. The van der Waals surface area contributed by atoms with E-state index in [4.69, 9.17) is 4.74 Å². The van der Waals surface area contributed by atoms with E-state index in [1.54, 1.807) is 12.1 Å². The highest BCUT2D eigenvalue weighted by Gasteiger charge is 2.27. The van der Waals surface area contributed by atoms with Gasteiger partial charge in [-0.3, -0.25) is 0 Å². The lowest BCUT2D eigenvalue weighted by Crippen LogP contribution is -2.42. The van der Waals surface area contributed by atoms with Crippen molar-refractivity contribution in [3.8, 4) is 5.75 Å². The quantitative estimate of drug-likeness (QED) is 0.899. The van der Waals surface area contributed by atoms with E-state index in [9.17, 15) is 8.42 Å². The molecule has 0 aliphatic rings. The van der Waals surface area contributed by atoms with Crippen molar-refractivity contribution < 1.29 is 13.2 Å². The van der Waals surface area contributed by atoms with Gasteiger partial charge in [0.15, 0.2) is 0 Å². The Morgan fingerprint density at radius 2 is 2.00 bits per heavy atom. The van der Waals surface area contributed by atoms with Crippen LogP contribution in [-0.4, -0.2) is 21.1 Å². The van der Waals surface area contributed by atoms with E-state index in [2.05, 4.69) is 20.7 Å². The maximum absolute atomic E-state index is 12.3. The number of methoxy groups -OCH3 is 1. The van der Waals surface area contributed by atoms with Gasteiger partial charge in [0, 0.05) is 10.0 Å². The van der Waals surface area contributed by atoms with Crippen LogP contribution in [0.1, 0.15) is 27.2 Å². The molecule has 4 nitrogen and oxygen atoms in total. The third kappa shape index (κ3) is 3.70. The summed E-state index contributed by atoms with van der Waals surface area (Å²) in [5.74, 6) is 0.331. The first kappa shape index (κ1) is 15.5. The first-order valence-corrected chi connectivity index (χ1v) is 7.87. The van der Waals surface area contributed by atoms with Crippen molar-refractivity contribution in [2.75, 3.05) is 7.11 Å². The third-order valence-electron chi connectivity index (χ3n) is 2.71. The van der Waals surface area contributed by atoms with Crippen molar-refractivity contribution in [1.29, 1.82) is 0 Å². The van der Waals surface area contributed by atoms with Crippen LogP contribution in [0, 0.1) is 0 Å². The van der Waals surface area contributed by atoms with Crippen molar-refractivity contribution in [2.24, 2.45) is 0 Å². The average Bonchev–Trinajstić information content (AvgIpc) is 2.28. The molecule has 0 fully saturated rings. The van der Waals surface area contributed by atoms with Crippen LogP contribution in [0.15, 0.2) is 27.6 Å². The molecule has 0 radical (unpaired) electrons. The number of halogens is 1. The molecule has 0 heterocycles. The highest BCUT2D eigenvalue weighted by atomic mass is 79.9. The van der Waals surface area contributed by atoms with Gasteiger partial charge in [0.1, 0.15) is 10.6 Å². The minimum absolute atomic E-state index is 0.140. The second-order valence-electron chi connectivity index (χ2n) is 4.64. The summed E-state index contributed by atoms with van der Waals surface area (Å²) in [5.41, 5.74) is -0.494. The summed E-state index contributed by atoms with van der Waals surface area (Å²) in [6, 6.07) is 4.90. The normalized spacial score (nSPS) is 12.5. The Balaban J connectivity index is 3.24. The minimum Gasteiger partial charge on any atom is -0.495 e. The molecule has 0 atom stereocenters. The summed E-state index contributed by atoms with van der Waals surface area (Å²) in [7, 11) is -2.15. The number of rotatable bonds is 5. The second kappa shape index (κ2) is 5.59. The highest BCUT2D eigenvalue weighted by Crippen LogP contribution is 2.28. The molecule has 1 N–H and O–H groups in total. The van der Waals surface area contributed by atoms with Gasteiger partial charge in [-0.05, 0) is 38.5 Å². The van der Waals surface area contributed by atoms with Crippen LogP contribution in [-0.2, 0) is 10.0 Å². The van der Waals surface area contributed by atoms with Gasteiger partial charge >= 0.3 is 0 Å². The lowest BCUT2D eigenvalue weighted by atomic mass is 10.0. The van der Waals surface area contributed by atoms with Crippen LogP contribution < -0.4 is 9.46 Å². The second-order valence-corrected chi connectivity index (χ2v) is 7.20. The van der Waals surface area contributed by atoms with Crippen molar-refractivity contribution >= 4 is 26.0 Å². The topological polar surface area (TPSA) is 55.4 Å². The van der Waals surface area contributed by atoms with Crippen LogP contribution in [0.4, 0.5) is 0 Å². The zero-order valence-corrected chi connectivity index (χ0v) is 13.4. The van der Waals surface area contributed by atoms with Crippen LogP contribution in [0.25, 0.3) is 0 Å². The highest BCUT2D eigenvalue weighted by molar-refractivity contribution is 9.10. The molecule has 0 aliphatic carbocycles. The van der Waals surface area contributed by atoms with Gasteiger partial charge in [-0.15, -0.1) is 0 Å². The van der Waals surface area contributed by atoms with Crippen molar-refractivity contribution in [3.63, 3.8) is 0 Å². The van der Waals surface area contributed by atoms with Gasteiger partial charge in [0.05, 0.1) is 7.11 Å². The summed E-state index contributed by atoms with van der Waals surface area (Å²) in [4.78, 5) is 0.140. The monoisotopic (exact) mass is 335 g/mol. The average molecular weight is 336 g/mol. The number of hydrogen-bond donors (Lipinski definition) is 1. The van der Waals surface area contributed by atoms with Gasteiger partial charge in [-0.1, -0.05) is 22.9 Å². The number of sulfonamides is 1. The van der Waals surface area contributed by atoms with E-state index in [1.165, 1.54) is 13.2 Å². The predicted octanol–water partition coefficient (Wildman–Crippen LogP) is 2.92. The van der Waals surface area contributed by atoms with E-state index in [0.29, 0.717) is 16.6 Å². The third-order valence-corrected chi connectivity index (χ3v) is 4.92. The molecule has 0 saturated heterocycles. The Morgan fingerprint density at radius 3 is 2.50 bits per heavy atom. The van der Waals surface area contributed by atoms with Gasteiger partial charge in [-0.2, -0.15) is 0 Å². The van der Waals surface area contributed by atoms with Crippen LogP contribution in [0.5, 0.6) is 5.75 Å². The van der Waals surface area contributed by atoms with Gasteiger partial charge in [0.25, 0.3) is 0 Å². The van der Waals surface area contributed by atoms with E-state index in [1.807, 2.05) is 20.8 Å². The maximum Gasteiger partial charge on any atom is 0.244 e. The number of hydrogen-bond acceptors (Lipinski definition) is 3. The number of benzene rings is 1. The summed E-state index contributed by atoms with van der Waals surface area (Å²) in [5, 5.41) is 0. The zero-order valence-electron chi connectivity index (χ0n) is 11.0. The fraction of sp³-hybridized carbons (Fsp3) is 0.500. The largest absolute Gasteiger partial charge is 0.495 e. The fourth-order valence-corrected chi connectivity index (χ4v) is 3.54. The molecule has 1 rings (SSSR count). The molecule has 6 heteroatoms. The molecule has 0 aliphatic heterocycles. The van der Waals surface area contributed by atoms with Gasteiger partial charge in [0.2, 0.25) is 10.0 Å². The van der Waals surface area contributed by atoms with Crippen molar-refractivity contribution in [2.45, 2.75) is 37.6 Å². The molecule has 18 heavy (non-hydrogen) atoms. The summed E-state index contributed by atoms with van der Waals surface area (Å²) in [6.07, 6.45) is 0.697. The van der Waals surface area contributed by atoms with Gasteiger partial charge < -0.3 is 4.74 Å². The Kier molecular flexibility index (Phi) is 4.80. The maximum atomic E-state index is 12.3. The van der Waals surface area contributed by atoms with Crippen LogP contribution in [0.3, 0.4) is 0 Å². The molecule has 0 amide bonds. The molecule has 0 unspecified atom stereocenters. The zero-order chi connectivity index (χ0) is 14.0. The molecule has 0 saturated carbocycles. The Morgan fingerprint density at radius 1 is 1.39 bits per heavy atom. The standard InChI is InChI=1S/C12H18BrNO3S/c1-5-12(2,3)14-18(15,16)11-8-9(13)6-7-10(11)17-4/h6-8,14H,5H2,1-4H3. The minimum atomic E-state index is -3.60. The van der Waals surface area contributed by atoms with Crippen LogP contribution in [0.2, 0.25) is 0 Å². The van der Waals surface area contributed by atoms with E-state index >= 15 is 0 Å². The van der Waals surface area contributed by atoms with E-state index in [0.717, 1.165) is 0 Å². The molecule has 102 valence electrons. The fourth-order valence-electron chi connectivity index (χ4n) is 1.35. The first-order valence-electron chi connectivity index (χ1n) is 5.59. The molecular formula is C12H18BrNO3S. The smallest absolute Gasteiger partial charge is 0.244 e. The molecule has 0 bridgehead atoms. The molecular weight excluding hydrogens is 318 g/mol. The van der Waals surface area contributed by atoms with Crippen molar-refractivity contribution in [1.82, 2.24) is 4.72 Å². The molecule has 0 spiro atoms. The number of nitrogens with one attached hydrogen (secondary N) is 1. The van der Waals surface area contributed by atoms with E-state index in [-0.39, 0.29) is 4.90 Å². The lowest BCUT2D eigenvalue weighted by Gasteiger charge is -2.24. The van der Waals surface area contributed by atoms with E-state index < -0.39 is 15.6 Å². The van der Waals surface area contributed by atoms with Crippen molar-refractivity contribution in [3.05, 3.63) is 22.7 Å². The Hall–Kier alpha value is -0.590. The predicted molar refractivity (Wildman–Crippen MR) is 75.4 cm³/mol. The molecule has 1 aromatic carbocycles. The number of ether oxygens (including phenoxy) is 1. The van der Waals surface area contributed by atoms with Gasteiger partial charge in [-0.25, -0.2) is 13.1 Å². The molecule has 0 aromatic heterocycles. The summed E-state index contributed by atoms with van der Waals surface area (Å²) >= 11 is 3.27. The summed E-state index contributed by atoms with van der Waals surface area (Å²) in [6.45, 7) is 5.62. The SMILES string of the molecule is CCC(C)(C)NS(=O)(=O)c1cc(Br)ccc1OC.